The summed E-state index contributed by atoms with van der Waals surface area (Å²) < 4.78 is 5.06. The van der Waals surface area contributed by atoms with Gasteiger partial charge in [0.05, 0.1) is 0 Å². The van der Waals surface area contributed by atoms with Crippen LogP contribution in [0.4, 0.5) is 5.69 Å². The number of methoxy groups -OCH3 is 1. The summed E-state index contributed by atoms with van der Waals surface area (Å²) in [7, 11) is 5.84. The van der Waals surface area contributed by atoms with Crippen LogP contribution in [0.2, 0.25) is 0 Å². The Morgan fingerprint density at radius 3 is 2.47 bits per heavy atom. The summed E-state index contributed by atoms with van der Waals surface area (Å²) in [4.78, 5) is 2.26. The molecular weight excluding hydrogens is 212 g/mol. The van der Waals surface area contributed by atoms with Gasteiger partial charge in [0.25, 0.3) is 0 Å². The maximum absolute atomic E-state index is 5.06. The molecule has 0 radical (unpaired) electrons. The second kappa shape index (κ2) is 7.30. The van der Waals surface area contributed by atoms with Gasteiger partial charge in [-0.1, -0.05) is 12.1 Å². The summed E-state index contributed by atoms with van der Waals surface area (Å²) in [6.07, 6.45) is 1.06. The Hall–Kier alpha value is -1.06. The molecule has 1 aromatic rings. The SMILES string of the molecule is CNC(C)c1ccc(N(C)CCCOC)cc1. The van der Waals surface area contributed by atoms with Crippen molar-refractivity contribution in [2.75, 3.05) is 39.3 Å². The minimum atomic E-state index is 0.405. The van der Waals surface area contributed by atoms with Gasteiger partial charge < -0.3 is 15.0 Å². The maximum atomic E-state index is 5.06. The minimum absolute atomic E-state index is 0.405. The first-order valence-electron chi connectivity index (χ1n) is 6.16. The largest absolute Gasteiger partial charge is 0.385 e. The van der Waals surface area contributed by atoms with Crippen LogP contribution < -0.4 is 10.2 Å². The lowest BCUT2D eigenvalue weighted by molar-refractivity contribution is 0.196. The first-order valence-corrected chi connectivity index (χ1v) is 6.16. The van der Waals surface area contributed by atoms with Gasteiger partial charge >= 0.3 is 0 Å². The number of rotatable bonds is 7. The van der Waals surface area contributed by atoms with Gasteiger partial charge in [-0.25, -0.2) is 0 Å². The average molecular weight is 236 g/mol. The molecule has 1 N–H and O–H groups in total. The number of hydrogen-bond donors (Lipinski definition) is 1. The number of anilines is 1. The monoisotopic (exact) mass is 236 g/mol. The Morgan fingerprint density at radius 1 is 1.29 bits per heavy atom. The molecule has 0 fully saturated rings. The lowest BCUT2D eigenvalue weighted by Crippen LogP contribution is -2.20. The molecule has 0 amide bonds. The molecule has 0 bridgehead atoms. The van der Waals surface area contributed by atoms with Crippen molar-refractivity contribution < 1.29 is 4.74 Å². The van der Waals surface area contributed by atoms with Crippen molar-refractivity contribution in [3.8, 4) is 0 Å². The predicted octanol–water partition coefficient (Wildman–Crippen LogP) is 2.44. The molecule has 96 valence electrons. The van der Waals surface area contributed by atoms with Crippen LogP contribution in [0.15, 0.2) is 24.3 Å². The molecule has 0 aliphatic carbocycles. The Morgan fingerprint density at radius 2 is 1.94 bits per heavy atom. The Balaban J connectivity index is 2.54. The highest BCUT2D eigenvalue weighted by Crippen LogP contribution is 2.18. The Labute approximate surface area is 105 Å². The van der Waals surface area contributed by atoms with Gasteiger partial charge in [0, 0.05) is 39.0 Å². The lowest BCUT2D eigenvalue weighted by atomic mass is 10.1. The van der Waals surface area contributed by atoms with Crippen molar-refractivity contribution in [2.45, 2.75) is 19.4 Å². The number of nitrogens with zero attached hydrogens (tertiary/aromatic N) is 1. The van der Waals surface area contributed by atoms with E-state index >= 15 is 0 Å². The molecule has 3 heteroatoms. The molecule has 17 heavy (non-hydrogen) atoms. The fraction of sp³-hybridized carbons (Fsp3) is 0.571. The van der Waals surface area contributed by atoms with Crippen LogP contribution in [0, 0.1) is 0 Å². The van der Waals surface area contributed by atoms with E-state index in [0.29, 0.717) is 6.04 Å². The molecular formula is C14H24N2O. The van der Waals surface area contributed by atoms with Crippen LogP contribution in [0.3, 0.4) is 0 Å². The normalized spacial score (nSPS) is 12.5. The average Bonchev–Trinajstić information content (AvgIpc) is 2.38. The van der Waals surface area contributed by atoms with Gasteiger partial charge in [0.15, 0.2) is 0 Å². The van der Waals surface area contributed by atoms with Crippen molar-refractivity contribution in [3.05, 3.63) is 29.8 Å². The van der Waals surface area contributed by atoms with Gasteiger partial charge in [-0.05, 0) is 38.1 Å². The highest BCUT2D eigenvalue weighted by atomic mass is 16.5. The molecule has 0 aliphatic rings. The zero-order valence-corrected chi connectivity index (χ0v) is 11.4. The zero-order chi connectivity index (χ0) is 12.7. The fourth-order valence-electron chi connectivity index (χ4n) is 1.76. The molecule has 1 aromatic carbocycles. The topological polar surface area (TPSA) is 24.5 Å². The van der Waals surface area contributed by atoms with Crippen LogP contribution in [0.1, 0.15) is 24.9 Å². The van der Waals surface area contributed by atoms with E-state index in [-0.39, 0.29) is 0 Å². The van der Waals surface area contributed by atoms with Crippen molar-refractivity contribution in [2.24, 2.45) is 0 Å². The highest BCUT2D eigenvalue weighted by Gasteiger charge is 2.04. The summed E-state index contributed by atoms with van der Waals surface area (Å²) in [5, 5.41) is 3.24. The van der Waals surface area contributed by atoms with E-state index in [0.717, 1.165) is 19.6 Å². The fourth-order valence-corrected chi connectivity index (χ4v) is 1.76. The minimum Gasteiger partial charge on any atom is -0.385 e. The van der Waals surface area contributed by atoms with Crippen LogP contribution in [0.5, 0.6) is 0 Å². The maximum Gasteiger partial charge on any atom is 0.0479 e. The molecule has 1 rings (SSSR count). The zero-order valence-electron chi connectivity index (χ0n) is 11.4. The van der Waals surface area contributed by atoms with Gasteiger partial charge in [-0.15, -0.1) is 0 Å². The predicted molar refractivity (Wildman–Crippen MR) is 73.7 cm³/mol. The lowest BCUT2D eigenvalue weighted by Gasteiger charge is -2.20. The second-order valence-corrected chi connectivity index (χ2v) is 4.37. The van der Waals surface area contributed by atoms with Crippen molar-refractivity contribution >= 4 is 5.69 Å². The van der Waals surface area contributed by atoms with Gasteiger partial charge in [-0.2, -0.15) is 0 Å². The number of benzene rings is 1. The van der Waals surface area contributed by atoms with E-state index in [4.69, 9.17) is 4.74 Å². The first-order chi connectivity index (χ1) is 8.19. The second-order valence-electron chi connectivity index (χ2n) is 4.37. The standard InChI is InChI=1S/C14H24N2O/c1-12(15-2)13-6-8-14(9-7-13)16(3)10-5-11-17-4/h6-9,12,15H,5,10-11H2,1-4H3. The van der Waals surface area contributed by atoms with Crippen molar-refractivity contribution in [1.29, 1.82) is 0 Å². The molecule has 3 nitrogen and oxygen atoms in total. The smallest absolute Gasteiger partial charge is 0.0479 e. The summed E-state index contributed by atoms with van der Waals surface area (Å²) in [5.41, 5.74) is 2.58. The molecule has 0 spiro atoms. The number of hydrogen-bond acceptors (Lipinski definition) is 3. The molecule has 0 aliphatic heterocycles. The van der Waals surface area contributed by atoms with Crippen LogP contribution in [0.25, 0.3) is 0 Å². The first kappa shape index (κ1) is 14.0. The Kier molecular flexibility index (Phi) is 6.01. The van der Waals surface area contributed by atoms with Gasteiger partial charge in [0.1, 0.15) is 0 Å². The van der Waals surface area contributed by atoms with Gasteiger partial charge in [-0.3, -0.25) is 0 Å². The molecule has 0 saturated heterocycles. The van der Waals surface area contributed by atoms with Crippen LogP contribution >= 0.6 is 0 Å². The van der Waals surface area contributed by atoms with E-state index in [1.807, 2.05) is 7.05 Å². The summed E-state index contributed by atoms with van der Waals surface area (Å²) in [6.45, 7) is 4.01. The van der Waals surface area contributed by atoms with E-state index in [2.05, 4.69) is 48.5 Å². The third-order valence-corrected chi connectivity index (χ3v) is 3.11. The molecule has 0 saturated carbocycles. The van der Waals surface area contributed by atoms with Crippen molar-refractivity contribution in [1.82, 2.24) is 5.32 Å². The summed E-state index contributed by atoms with van der Waals surface area (Å²) in [5.74, 6) is 0. The van der Waals surface area contributed by atoms with Crippen LogP contribution in [-0.4, -0.2) is 34.4 Å². The number of ether oxygens (including phenoxy) is 1. The summed E-state index contributed by atoms with van der Waals surface area (Å²) in [6, 6.07) is 9.13. The van der Waals surface area contributed by atoms with E-state index in [1.54, 1.807) is 7.11 Å². The quantitative estimate of drug-likeness (QED) is 0.736. The molecule has 0 aromatic heterocycles. The molecule has 1 atom stereocenters. The Bertz CT molecular complexity index is 311. The summed E-state index contributed by atoms with van der Waals surface area (Å²) >= 11 is 0. The third-order valence-electron chi connectivity index (χ3n) is 3.11. The van der Waals surface area contributed by atoms with Crippen molar-refractivity contribution in [3.63, 3.8) is 0 Å². The van der Waals surface area contributed by atoms with E-state index in [9.17, 15) is 0 Å². The third kappa shape index (κ3) is 4.36. The van der Waals surface area contributed by atoms with Crippen LogP contribution in [-0.2, 0) is 4.74 Å². The number of nitrogens with one attached hydrogen (secondary N) is 1. The molecule has 1 unspecified atom stereocenters. The molecule has 0 heterocycles. The highest BCUT2D eigenvalue weighted by molar-refractivity contribution is 5.47. The van der Waals surface area contributed by atoms with Gasteiger partial charge in [0.2, 0.25) is 0 Å². The van der Waals surface area contributed by atoms with E-state index in [1.165, 1.54) is 11.3 Å². The van der Waals surface area contributed by atoms with E-state index < -0.39 is 0 Å².